The van der Waals surface area contributed by atoms with Crippen LogP contribution in [0.15, 0.2) is 69.2 Å². The summed E-state index contributed by atoms with van der Waals surface area (Å²) in [5.74, 6) is -2.48. The van der Waals surface area contributed by atoms with Gasteiger partial charge in [-0.25, -0.2) is 4.79 Å². The summed E-state index contributed by atoms with van der Waals surface area (Å²) in [6, 6.07) is 15.4. The maximum Gasteiger partial charge on any atom is 0.334 e. The highest BCUT2D eigenvalue weighted by atomic mass is 16.5. The number of carboxylic acid groups (broad SMARTS) is 2. The van der Waals surface area contributed by atoms with Crippen molar-refractivity contribution in [2.75, 3.05) is 25.5 Å². The van der Waals surface area contributed by atoms with Crippen molar-refractivity contribution in [3.63, 3.8) is 0 Å². The zero-order valence-electron chi connectivity index (χ0n) is 23.2. The summed E-state index contributed by atoms with van der Waals surface area (Å²) in [5, 5.41) is 31.2. The molecule has 3 heterocycles. The standard InChI is InChI=1S/C30H33N5O6/c1-17-25(28(36)37)27(26(29(38)39)18(2)31-17)21-7-4-8-22(14-21)32-30-34-33-24(41-30)16-35-12-10-19(11-13-35)20-6-5-9-23(15-20)40-3/h4-9,14-15,19,25,27H,10-13,16H2,1-3H3,(H,32,34)(H,36,37)(H,38,39). The Labute approximate surface area is 237 Å². The van der Waals surface area contributed by atoms with Crippen molar-refractivity contribution in [1.82, 2.24) is 15.1 Å². The number of allylic oxidation sites excluding steroid dienone is 1. The summed E-state index contributed by atoms with van der Waals surface area (Å²) in [7, 11) is 1.68. The van der Waals surface area contributed by atoms with E-state index in [0.29, 0.717) is 41.0 Å². The maximum absolute atomic E-state index is 12.1. The van der Waals surface area contributed by atoms with Crippen LogP contribution in [0, 0.1) is 5.92 Å². The van der Waals surface area contributed by atoms with Crippen LogP contribution in [0.25, 0.3) is 0 Å². The zero-order valence-corrected chi connectivity index (χ0v) is 23.2. The van der Waals surface area contributed by atoms with Crippen LogP contribution in [0.3, 0.4) is 0 Å². The van der Waals surface area contributed by atoms with Gasteiger partial charge in [-0.1, -0.05) is 29.4 Å². The van der Waals surface area contributed by atoms with E-state index in [1.54, 1.807) is 45.2 Å². The number of anilines is 2. The van der Waals surface area contributed by atoms with Crippen molar-refractivity contribution >= 4 is 29.4 Å². The number of ether oxygens (including phenoxy) is 1. The molecule has 0 aliphatic carbocycles. The van der Waals surface area contributed by atoms with Gasteiger partial charge >= 0.3 is 18.0 Å². The summed E-state index contributed by atoms with van der Waals surface area (Å²) >= 11 is 0. The number of nitrogens with one attached hydrogen (secondary N) is 1. The fourth-order valence-electron chi connectivity index (χ4n) is 5.81. The van der Waals surface area contributed by atoms with Gasteiger partial charge in [0.2, 0.25) is 5.89 Å². The van der Waals surface area contributed by atoms with Gasteiger partial charge in [-0.2, -0.15) is 0 Å². The number of rotatable bonds is 9. The number of hydrogen-bond donors (Lipinski definition) is 3. The molecule has 0 saturated carbocycles. The Kier molecular flexibility index (Phi) is 8.16. The largest absolute Gasteiger partial charge is 0.497 e. The average Bonchev–Trinajstić information content (AvgIpc) is 3.39. The molecule has 214 valence electrons. The van der Waals surface area contributed by atoms with Crippen molar-refractivity contribution in [1.29, 1.82) is 0 Å². The number of piperidine rings is 1. The van der Waals surface area contributed by atoms with Crippen LogP contribution in [-0.2, 0) is 16.1 Å². The molecule has 2 aromatic carbocycles. The van der Waals surface area contributed by atoms with E-state index in [1.807, 2.05) is 12.1 Å². The van der Waals surface area contributed by atoms with Gasteiger partial charge in [0.05, 0.1) is 19.2 Å². The lowest BCUT2D eigenvalue weighted by molar-refractivity contribution is -0.140. The number of aliphatic carboxylic acids is 2. The van der Waals surface area contributed by atoms with Crippen LogP contribution in [-0.4, -0.2) is 63.2 Å². The number of benzene rings is 2. The van der Waals surface area contributed by atoms with Gasteiger partial charge < -0.3 is 24.7 Å². The fraction of sp³-hybridized carbons (Fsp3) is 0.367. The van der Waals surface area contributed by atoms with E-state index in [1.165, 1.54) is 5.56 Å². The molecule has 2 atom stereocenters. The number of aromatic nitrogens is 2. The second-order valence-electron chi connectivity index (χ2n) is 10.4. The SMILES string of the molecule is COc1cccc(C2CCN(Cc3nnc(Nc4cccc(C5C(C(=O)O)=C(C)N=C(C)C5C(=O)O)c4)o3)CC2)c1. The molecule has 41 heavy (non-hydrogen) atoms. The van der Waals surface area contributed by atoms with Crippen molar-refractivity contribution in [2.45, 2.75) is 45.1 Å². The molecule has 3 aromatic rings. The van der Waals surface area contributed by atoms with Gasteiger partial charge in [-0.05, 0) is 81.1 Å². The van der Waals surface area contributed by atoms with E-state index < -0.39 is 23.8 Å². The molecule has 0 bridgehead atoms. The molecule has 11 heteroatoms. The molecule has 0 amide bonds. The summed E-state index contributed by atoms with van der Waals surface area (Å²) in [6.45, 7) is 5.54. The molecular weight excluding hydrogens is 526 g/mol. The van der Waals surface area contributed by atoms with Crippen molar-refractivity contribution < 1.29 is 29.0 Å². The first-order chi connectivity index (χ1) is 19.7. The summed E-state index contributed by atoms with van der Waals surface area (Å²) in [6.07, 6.45) is 2.04. The third-order valence-electron chi connectivity index (χ3n) is 7.80. The second-order valence-corrected chi connectivity index (χ2v) is 10.4. The third-order valence-corrected chi connectivity index (χ3v) is 7.80. The molecule has 5 rings (SSSR count). The molecule has 11 nitrogen and oxygen atoms in total. The number of methoxy groups -OCH3 is 1. The Morgan fingerprint density at radius 2 is 1.78 bits per heavy atom. The highest BCUT2D eigenvalue weighted by Gasteiger charge is 2.41. The van der Waals surface area contributed by atoms with E-state index in [4.69, 9.17) is 9.15 Å². The molecule has 2 unspecified atom stereocenters. The summed E-state index contributed by atoms with van der Waals surface area (Å²) in [4.78, 5) is 30.7. The smallest absolute Gasteiger partial charge is 0.334 e. The van der Waals surface area contributed by atoms with Crippen molar-refractivity contribution in [3.8, 4) is 5.75 Å². The fourth-order valence-corrected chi connectivity index (χ4v) is 5.81. The van der Waals surface area contributed by atoms with Crippen molar-refractivity contribution in [2.24, 2.45) is 10.9 Å². The van der Waals surface area contributed by atoms with Gasteiger partial charge in [-0.15, -0.1) is 5.10 Å². The van der Waals surface area contributed by atoms with E-state index in [9.17, 15) is 19.8 Å². The van der Waals surface area contributed by atoms with E-state index in [-0.39, 0.29) is 11.6 Å². The number of nitrogens with zero attached hydrogens (tertiary/aromatic N) is 4. The normalized spacial score (nSPS) is 20.0. The van der Waals surface area contributed by atoms with Crippen LogP contribution in [0.5, 0.6) is 5.75 Å². The molecular formula is C30H33N5O6. The van der Waals surface area contributed by atoms with Gasteiger partial charge in [0, 0.05) is 23.0 Å². The number of carboxylic acids is 2. The molecule has 3 N–H and O–H groups in total. The van der Waals surface area contributed by atoms with Gasteiger partial charge in [0.25, 0.3) is 0 Å². The molecule has 2 aliphatic rings. The van der Waals surface area contributed by atoms with Crippen LogP contribution < -0.4 is 10.1 Å². The van der Waals surface area contributed by atoms with Crippen LogP contribution in [0.1, 0.15) is 55.5 Å². The molecule has 1 fully saturated rings. The lowest BCUT2D eigenvalue weighted by Gasteiger charge is -2.31. The van der Waals surface area contributed by atoms with E-state index in [2.05, 4.69) is 37.5 Å². The highest BCUT2D eigenvalue weighted by Crippen LogP contribution is 2.40. The first kappa shape index (κ1) is 28.0. The minimum absolute atomic E-state index is 0.0320. The second kappa shape index (κ2) is 11.9. The Hall–Kier alpha value is -4.51. The van der Waals surface area contributed by atoms with Gasteiger partial charge in [-0.3, -0.25) is 14.7 Å². The number of carbonyl (C=O) groups is 2. The Balaban J connectivity index is 1.25. The Morgan fingerprint density at radius 1 is 1.05 bits per heavy atom. The molecule has 1 saturated heterocycles. The zero-order chi connectivity index (χ0) is 29.1. The number of hydrogen-bond acceptors (Lipinski definition) is 9. The lowest BCUT2D eigenvalue weighted by atomic mass is 9.75. The molecule has 0 radical (unpaired) electrons. The first-order valence-corrected chi connectivity index (χ1v) is 13.5. The summed E-state index contributed by atoms with van der Waals surface area (Å²) < 4.78 is 11.2. The quantitative estimate of drug-likeness (QED) is 0.333. The highest BCUT2D eigenvalue weighted by molar-refractivity contribution is 6.06. The predicted molar refractivity (Wildman–Crippen MR) is 152 cm³/mol. The van der Waals surface area contributed by atoms with E-state index in [0.717, 1.165) is 31.7 Å². The van der Waals surface area contributed by atoms with E-state index >= 15 is 0 Å². The minimum Gasteiger partial charge on any atom is -0.497 e. The molecule has 1 aromatic heterocycles. The number of aliphatic imine (C=N–C) groups is 1. The molecule has 0 spiro atoms. The van der Waals surface area contributed by atoms with Crippen LogP contribution in [0.2, 0.25) is 0 Å². The van der Waals surface area contributed by atoms with Crippen molar-refractivity contribution in [3.05, 3.63) is 76.8 Å². The molecule has 2 aliphatic heterocycles. The Morgan fingerprint density at radius 3 is 2.49 bits per heavy atom. The van der Waals surface area contributed by atoms with Gasteiger partial charge in [0.1, 0.15) is 11.7 Å². The predicted octanol–water partition coefficient (Wildman–Crippen LogP) is 4.82. The third kappa shape index (κ3) is 6.14. The summed E-state index contributed by atoms with van der Waals surface area (Å²) in [5.41, 5.74) is 3.02. The minimum atomic E-state index is -1.19. The lowest BCUT2D eigenvalue weighted by Crippen LogP contribution is -2.34. The first-order valence-electron chi connectivity index (χ1n) is 13.5. The number of likely N-dealkylation sites (tertiary alicyclic amines) is 1. The van der Waals surface area contributed by atoms with Crippen LogP contribution >= 0.6 is 0 Å². The Bertz CT molecular complexity index is 1500. The van der Waals surface area contributed by atoms with Crippen LogP contribution in [0.4, 0.5) is 11.7 Å². The topological polar surface area (TPSA) is 150 Å². The maximum atomic E-state index is 12.1. The average molecular weight is 560 g/mol. The monoisotopic (exact) mass is 559 g/mol. The van der Waals surface area contributed by atoms with Gasteiger partial charge in [0.15, 0.2) is 0 Å².